The molecule has 16 heavy (non-hydrogen) atoms. The summed E-state index contributed by atoms with van der Waals surface area (Å²) in [6.45, 7) is 4.28. The number of hydrogen-bond donors (Lipinski definition) is 0. The second-order valence-corrected chi connectivity index (χ2v) is 5.71. The number of aryl methyl sites for hydroxylation is 1. The van der Waals surface area contributed by atoms with E-state index in [1.165, 1.54) is 5.56 Å². The van der Waals surface area contributed by atoms with Crippen molar-refractivity contribution in [3.8, 4) is 0 Å². The Balaban J connectivity index is 2.89. The molecule has 4 heteroatoms. The SMILES string of the molecule is CCC(CSC)N(C)c1ncc(C)cc1Br. The molecule has 0 saturated carbocycles. The highest BCUT2D eigenvalue weighted by atomic mass is 79.9. The summed E-state index contributed by atoms with van der Waals surface area (Å²) in [4.78, 5) is 6.76. The molecule has 1 aromatic heterocycles. The average molecular weight is 303 g/mol. The van der Waals surface area contributed by atoms with Gasteiger partial charge in [-0.15, -0.1) is 0 Å². The molecule has 0 bridgehead atoms. The molecule has 0 saturated heterocycles. The van der Waals surface area contributed by atoms with Gasteiger partial charge in [-0.25, -0.2) is 4.98 Å². The molecular weight excluding hydrogens is 284 g/mol. The molecule has 90 valence electrons. The first kappa shape index (κ1) is 13.8. The van der Waals surface area contributed by atoms with Crippen LogP contribution in [-0.4, -0.2) is 30.1 Å². The van der Waals surface area contributed by atoms with Crippen LogP contribution >= 0.6 is 27.7 Å². The van der Waals surface area contributed by atoms with Crippen LogP contribution in [0, 0.1) is 6.92 Å². The first-order chi connectivity index (χ1) is 7.60. The summed E-state index contributed by atoms with van der Waals surface area (Å²) < 4.78 is 1.08. The Morgan fingerprint density at radius 2 is 2.25 bits per heavy atom. The van der Waals surface area contributed by atoms with Gasteiger partial charge in [-0.1, -0.05) is 6.92 Å². The van der Waals surface area contributed by atoms with Crippen LogP contribution in [0.15, 0.2) is 16.7 Å². The van der Waals surface area contributed by atoms with Crippen molar-refractivity contribution in [2.45, 2.75) is 26.3 Å². The van der Waals surface area contributed by atoms with Gasteiger partial charge in [-0.05, 0) is 47.2 Å². The van der Waals surface area contributed by atoms with Crippen LogP contribution in [0.5, 0.6) is 0 Å². The van der Waals surface area contributed by atoms with Crippen molar-refractivity contribution in [3.05, 3.63) is 22.3 Å². The van der Waals surface area contributed by atoms with Crippen molar-refractivity contribution in [1.29, 1.82) is 0 Å². The minimum Gasteiger partial charge on any atom is -0.355 e. The van der Waals surface area contributed by atoms with Crippen LogP contribution in [0.2, 0.25) is 0 Å². The van der Waals surface area contributed by atoms with Gasteiger partial charge >= 0.3 is 0 Å². The van der Waals surface area contributed by atoms with E-state index in [4.69, 9.17) is 0 Å². The van der Waals surface area contributed by atoms with E-state index in [1.54, 1.807) is 0 Å². The maximum absolute atomic E-state index is 4.50. The fourth-order valence-electron chi connectivity index (χ4n) is 1.65. The van der Waals surface area contributed by atoms with E-state index >= 15 is 0 Å². The lowest BCUT2D eigenvalue weighted by molar-refractivity contribution is 0.664. The van der Waals surface area contributed by atoms with E-state index in [0.29, 0.717) is 6.04 Å². The molecule has 0 aliphatic rings. The number of hydrogen-bond acceptors (Lipinski definition) is 3. The summed E-state index contributed by atoms with van der Waals surface area (Å²) in [6.07, 6.45) is 5.20. The maximum atomic E-state index is 4.50. The van der Waals surface area contributed by atoms with E-state index in [-0.39, 0.29) is 0 Å². The van der Waals surface area contributed by atoms with Gasteiger partial charge in [0.2, 0.25) is 0 Å². The van der Waals surface area contributed by atoms with E-state index in [9.17, 15) is 0 Å². The Morgan fingerprint density at radius 3 is 2.75 bits per heavy atom. The molecule has 0 fully saturated rings. The molecule has 0 spiro atoms. The Bertz CT molecular complexity index is 344. The monoisotopic (exact) mass is 302 g/mol. The largest absolute Gasteiger partial charge is 0.355 e. The van der Waals surface area contributed by atoms with Crippen LogP contribution in [0.3, 0.4) is 0 Å². The number of thioether (sulfide) groups is 1. The Morgan fingerprint density at radius 1 is 1.56 bits per heavy atom. The van der Waals surface area contributed by atoms with Crippen molar-refractivity contribution in [1.82, 2.24) is 4.98 Å². The zero-order valence-electron chi connectivity index (χ0n) is 10.3. The number of aromatic nitrogens is 1. The lowest BCUT2D eigenvalue weighted by atomic mass is 10.2. The number of anilines is 1. The molecule has 0 radical (unpaired) electrons. The maximum Gasteiger partial charge on any atom is 0.142 e. The van der Waals surface area contributed by atoms with Crippen molar-refractivity contribution >= 4 is 33.5 Å². The van der Waals surface area contributed by atoms with Gasteiger partial charge in [-0.3, -0.25) is 0 Å². The van der Waals surface area contributed by atoms with Crippen molar-refractivity contribution in [3.63, 3.8) is 0 Å². The molecule has 1 heterocycles. The number of halogens is 1. The van der Waals surface area contributed by atoms with E-state index < -0.39 is 0 Å². The lowest BCUT2D eigenvalue weighted by Crippen LogP contribution is -2.34. The summed E-state index contributed by atoms with van der Waals surface area (Å²) in [5.41, 5.74) is 1.18. The van der Waals surface area contributed by atoms with Gasteiger partial charge in [0.15, 0.2) is 0 Å². The fourth-order valence-corrected chi connectivity index (χ4v) is 3.24. The highest BCUT2D eigenvalue weighted by molar-refractivity contribution is 9.10. The molecular formula is C12H19BrN2S. The third kappa shape index (κ3) is 3.39. The van der Waals surface area contributed by atoms with Gasteiger partial charge < -0.3 is 4.90 Å². The van der Waals surface area contributed by atoms with E-state index in [0.717, 1.165) is 22.5 Å². The third-order valence-electron chi connectivity index (χ3n) is 2.67. The number of rotatable bonds is 5. The minimum absolute atomic E-state index is 0.543. The van der Waals surface area contributed by atoms with E-state index in [1.807, 2.05) is 18.0 Å². The van der Waals surface area contributed by atoms with Gasteiger partial charge in [-0.2, -0.15) is 11.8 Å². The van der Waals surface area contributed by atoms with Crippen LogP contribution < -0.4 is 4.90 Å². The fraction of sp³-hybridized carbons (Fsp3) is 0.583. The summed E-state index contributed by atoms with van der Waals surface area (Å²) in [6, 6.07) is 2.66. The minimum atomic E-state index is 0.543. The molecule has 1 atom stereocenters. The standard InChI is InChI=1S/C12H19BrN2S/c1-5-10(8-16-4)15(3)12-11(13)6-9(2)7-14-12/h6-7,10H,5,8H2,1-4H3. The normalized spacial score (nSPS) is 12.6. The third-order valence-corrected chi connectivity index (χ3v) is 3.97. The predicted molar refractivity (Wildman–Crippen MR) is 77.5 cm³/mol. The molecule has 1 rings (SSSR count). The molecule has 0 aromatic carbocycles. The smallest absolute Gasteiger partial charge is 0.142 e. The molecule has 2 nitrogen and oxygen atoms in total. The molecule has 1 aromatic rings. The average Bonchev–Trinajstić information content (AvgIpc) is 2.25. The Kier molecular flexibility index (Phi) is 5.62. The zero-order valence-corrected chi connectivity index (χ0v) is 12.7. The molecule has 0 amide bonds. The lowest BCUT2D eigenvalue weighted by Gasteiger charge is -2.28. The Labute approximate surface area is 111 Å². The second kappa shape index (κ2) is 6.50. The summed E-state index contributed by atoms with van der Waals surface area (Å²) in [7, 11) is 2.12. The van der Waals surface area contributed by atoms with Gasteiger partial charge in [0.1, 0.15) is 5.82 Å². The van der Waals surface area contributed by atoms with Crippen LogP contribution in [0.1, 0.15) is 18.9 Å². The number of nitrogens with zero attached hydrogens (tertiary/aromatic N) is 2. The van der Waals surface area contributed by atoms with Crippen molar-refractivity contribution in [2.24, 2.45) is 0 Å². The van der Waals surface area contributed by atoms with Gasteiger partial charge in [0.25, 0.3) is 0 Å². The highest BCUT2D eigenvalue weighted by Crippen LogP contribution is 2.26. The quantitative estimate of drug-likeness (QED) is 0.824. The van der Waals surface area contributed by atoms with Crippen LogP contribution in [0.4, 0.5) is 5.82 Å². The van der Waals surface area contributed by atoms with E-state index in [2.05, 4.69) is 59.0 Å². The summed E-state index contributed by atoms with van der Waals surface area (Å²) in [5, 5.41) is 0. The summed E-state index contributed by atoms with van der Waals surface area (Å²) in [5.74, 6) is 2.17. The van der Waals surface area contributed by atoms with Crippen LogP contribution in [-0.2, 0) is 0 Å². The first-order valence-electron chi connectivity index (χ1n) is 5.44. The highest BCUT2D eigenvalue weighted by Gasteiger charge is 2.16. The molecule has 0 aliphatic carbocycles. The Hall–Kier alpha value is -0.220. The number of pyridine rings is 1. The van der Waals surface area contributed by atoms with Crippen molar-refractivity contribution < 1.29 is 0 Å². The zero-order chi connectivity index (χ0) is 12.1. The van der Waals surface area contributed by atoms with Gasteiger partial charge in [0, 0.05) is 25.0 Å². The second-order valence-electron chi connectivity index (χ2n) is 3.95. The molecule has 0 N–H and O–H groups in total. The topological polar surface area (TPSA) is 16.1 Å². The van der Waals surface area contributed by atoms with Crippen LogP contribution in [0.25, 0.3) is 0 Å². The van der Waals surface area contributed by atoms with Gasteiger partial charge in [0.05, 0.1) is 4.47 Å². The van der Waals surface area contributed by atoms with Crippen molar-refractivity contribution in [2.75, 3.05) is 24.0 Å². The molecule has 0 aliphatic heterocycles. The predicted octanol–water partition coefficient (Wildman–Crippen LogP) is 3.73. The summed E-state index contributed by atoms with van der Waals surface area (Å²) >= 11 is 5.47. The molecule has 1 unspecified atom stereocenters. The first-order valence-corrected chi connectivity index (χ1v) is 7.62.